The van der Waals surface area contributed by atoms with E-state index in [-0.39, 0.29) is 18.0 Å². The lowest BCUT2D eigenvalue weighted by Gasteiger charge is -2.21. The van der Waals surface area contributed by atoms with Crippen molar-refractivity contribution >= 4 is 11.8 Å². The summed E-state index contributed by atoms with van der Waals surface area (Å²) in [5.74, 6) is 0.914. The second kappa shape index (κ2) is 9.97. The number of anilines is 1. The molecule has 1 fully saturated rings. The lowest BCUT2D eigenvalue weighted by atomic mass is 9.94. The SMILES string of the molecule is COCCN1CC(c2ccccc2)[C@H](NC(=O)Nc2c(C)c(C)nn2-c2ccccc2)C1. The Labute approximate surface area is 189 Å². The van der Waals surface area contributed by atoms with Gasteiger partial charge in [-0.1, -0.05) is 48.5 Å². The molecule has 1 aromatic heterocycles. The first kappa shape index (κ1) is 22.0. The largest absolute Gasteiger partial charge is 0.383 e. The van der Waals surface area contributed by atoms with Gasteiger partial charge in [-0.15, -0.1) is 0 Å². The molecule has 0 saturated carbocycles. The highest BCUT2D eigenvalue weighted by Gasteiger charge is 2.34. The molecule has 3 aromatic rings. The number of aryl methyl sites for hydroxylation is 1. The van der Waals surface area contributed by atoms with Crippen LogP contribution in [0.1, 0.15) is 22.7 Å². The molecule has 4 rings (SSSR count). The quantitative estimate of drug-likeness (QED) is 0.596. The molecule has 1 aliphatic heterocycles. The van der Waals surface area contributed by atoms with Crippen LogP contribution in [-0.2, 0) is 4.74 Å². The first-order valence-corrected chi connectivity index (χ1v) is 11.0. The van der Waals surface area contributed by atoms with Gasteiger partial charge in [0.15, 0.2) is 0 Å². The van der Waals surface area contributed by atoms with E-state index in [4.69, 9.17) is 4.74 Å². The van der Waals surface area contributed by atoms with Crippen LogP contribution < -0.4 is 10.6 Å². The van der Waals surface area contributed by atoms with Crippen molar-refractivity contribution in [3.63, 3.8) is 0 Å². The van der Waals surface area contributed by atoms with E-state index < -0.39 is 0 Å². The molecule has 0 aliphatic carbocycles. The Morgan fingerprint density at radius 1 is 1.06 bits per heavy atom. The fourth-order valence-electron chi connectivity index (χ4n) is 4.29. The highest BCUT2D eigenvalue weighted by Crippen LogP contribution is 2.28. The number of para-hydroxylation sites is 1. The summed E-state index contributed by atoms with van der Waals surface area (Å²) in [5.41, 5.74) is 3.99. The minimum atomic E-state index is -0.218. The van der Waals surface area contributed by atoms with E-state index in [0.717, 1.165) is 36.6 Å². The molecule has 1 unspecified atom stereocenters. The number of benzene rings is 2. The molecule has 1 saturated heterocycles. The second-order valence-corrected chi connectivity index (χ2v) is 8.28. The Bertz CT molecular complexity index is 1040. The molecule has 0 radical (unpaired) electrons. The van der Waals surface area contributed by atoms with Gasteiger partial charge in [-0.2, -0.15) is 5.10 Å². The van der Waals surface area contributed by atoms with E-state index in [2.05, 4.69) is 44.9 Å². The minimum absolute atomic E-state index is 0.00348. The molecule has 2 heterocycles. The van der Waals surface area contributed by atoms with E-state index in [1.54, 1.807) is 11.8 Å². The molecule has 0 bridgehead atoms. The van der Waals surface area contributed by atoms with Crippen molar-refractivity contribution in [2.45, 2.75) is 25.8 Å². The Kier molecular flexibility index (Phi) is 6.87. The Hall–Kier alpha value is -3.16. The molecule has 2 atom stereocenters. The van der Waals surface area contributed by atoms with Gasteiger partial charge in [0.05, 0.1) is 24.0 Å². The molecule has 168 valence electrons. The summed E-state index contributed by atoms with van der Waals surface area (Å²) in [6.07, 6.45) is 0. The number of nitrogens with zero attached hydrogens (tertiary/aromatic N) is 3. The minimum Gasteiger partial charge on any atom is -0.383 e. The smallest absolute Gasteiger partial charge is 0.320 e. The molecular formula is C25H31N5O2. The van der Waals surface area contributed by atoms with Gasteiger partial charge in [0.2, 0.25) is 0 Å². The predicted octanol–water partition coefficient (Wildman–Crippen LogP) is 3.73. The Morgan fingerprint density at radius 2 is 1.75 bits per heavy atom. The van der Waals surface area contributed by atoms with Crippen molar-refractivity contribution in [3.8, 4) is 5.69 Å². The number of nitrogens with one attached hydrogen (secondary N) is 2. The van der Waals surface area contributed by atoms with Crippen molar-refractivity contribution in [1.29, 1.82) is 0 Å². The standard InChI is InChI=1S/C25H31N5O2/c1-18-19(2)28-30(21-12-8-5-9-13-21)24(18)27-25(31)26-23-17-29(14-15-32-3)16-22(23)20-10-6-4-7-11-20/h4-13,22-23H,14-17H2,1-3H3,(H2,26,27,31)/t22?,23-/m1/s1. The summed E-state index contributed by atoms with van der Waals surface area (Å²) in [6.45, 7) is 7.12. The van der Waals surface area contributed by atoms with Gasteiger partial charge in [-0.05, 0) is 31.5 Å². The number of urea groups is 1. The van der Waals surface area contributed by atoms with Crippen molar-refractivity contribution in [3.05, 3.63) is 77.5 Å². The van der Waals surface area contributed by atoms with Crippen molar-refractivity contribution in [2.75, 3.05) is 38.7 Å². The third kappa shape index (κ3) is 4.84. The maximum absolute atomic E-state index is 13.1. The summed E-state index contributed by atoms with van der Waals surface area (Å²) in [6, 6.07) is 20.0. The number of methoxy groups -OCH3 is 1. The van der Waals surface area contributed by atoms with E-state index in [0.29, 0.717) is 12.4 Å². The highest BCUT2D eigenvalue weighted by molar-refractivity contribution is 5.90. The Balaban J connectivity index is 1.52. The van der Waals surface area contributed by atoms with E-state index in [9.17, 15) is 4.79 Å². The Morgan fingerprint density at radius 3 is 2.44 bits per heavy atom. The number of rotatable bonds is 7. The van der Waals surface area contributed by atoms with Gasteiger partial charge in [0.1, 0.15) is 5.82 Å². The third-order valence-electron chi connectivity index (χ3n) is 6.14. The number of ether oxygens (including phenoxy) is 1. The fourth-order valence-corrected chi connectivity index (χ4v) is 4.29. The molecule has 2 amide bonds. The van der Waals surface area contributed by atoms with E-state index >= 15 is 0 Å². The average Bonchev–Trinajstić information content (AvgIpc) is 3.34. The molecule has 1 aliphatic rings. The van der Waals surface area contributed by atoms with Crippen LogP contribution >= 0.6 is 0 Å². The van der Waals surface area contributed by atoms with Gasteiger partial charge < -0.3 is 10.1 Å². The number of hydrogen-bond donors (Lipinski definition) is 2. The summed E-state index contributed by atoms with van der Waals surface area (Å²) in [7, 11) is 1.72. The maximum Gasteiger partial charge on any atom is 0.320 e. The summed E-state index contributed by atoms with van der Waals surface area (Å²) < 4.78 is 7.05. The van der Waals surface area contributed by atoms with Crippen LogP contribution in [0.2, 0.25) is 0 Å². The number of likely N-dealkylation sites (tertiary alicyclic amines) is 1. The molecule has 7 nitrogen and oxygen atoms in total. The predicted molar refractivity (Wildman–Crippen MR) is 126 cm³/mol. The zero-order valence-electron chi connectivity index (χ0n) is 18.9. The van der Waals surface area contributed by atoms with Crippen LogP contribution in [-0.4, -0.2) is 60.1 Å². The maximum atomic E-state index is 13.1. The summed E-state index contributed by atoms with van der Waals surface area (Å²) in [5, 5.41) is 10.9. The zero-order chi connectivity index (χ0) is 22.5. The number of aromatic nitrogens is 2. The first-order valence-electron chi connectivity index (χ1n) is 11.0. The molecule has 2 aromatic carbocycles. The van der Waals surface area contributed by atoms with Gasteiger partial charge in [0, 0.05) is 38.2 Å². The van der Waals surface area contributed by atoms with E-state index in [1.165, 1.54) is 5.56 Å². The number of carbonyl (C=O) groups excluding carboxylic acids is 1. The van der Waals surface area contributed by atoms with Crippen LogP contribution in [0.25, 0.3) is 5.69 Å². The van der Waals surface area contributed by atoms with Crippen LogP contribution in [0.15, 0.2) is 60.7 Å². The summed E-state index contributed by atoms with van der Waals surface area (Å²) >= 11 is 0. The zero-order valence-corrected chi connectivity index (χ0v) is 18.9. The van der Waals surface area contributed by atoms with Gasteiger partial charge in [0.25, 0.3) is 0 Å². The van der Waals surface area contributed by atoms with Gasteiger partial charge >= 0.3 is 6.03 Å². The van der Waals surface area contributed by atoms with Crippen LogP contribution in [0, 0.1) is 13.8 Å². The van der Waals surface area contributed by atoms with Crippen molar-refractivity contribution in [2.24, 2.45) is 0 Å². The topological polar surface area (TPSA) is 71.4 Å². The normalized spacial score (nSPS) is 18.6. The second-order valence-electron chi connectivity index (χ2n) is 8.28. The van der Waals surface area contributed by atoms with Crippen molar-refractivity contribution in [1.82, 2.24) is 20.0 Å². The number of hydrogen-bond acceptors (Lipinski definition) is 4. The lowest BCUT2D eigenvalue weighted by molar-refractivity contribution is 0.159. The number of amides is 2. The van der Waals surface area contributed by atoms with Crippen LogP contribution in [0.4, 0.5) is 10.6 Å². The monoisotopic (exact) mass is 433 g/mol. The van der Waals surface area contributed by atoms with Gasteiger partial charge in [-0.3, -0.25) is 10.2 Å². The third-order valence-corrected chi connectivity index (χ3v) is 6.14. The first-order chi connectivity index (χ1) is 15.6. The van der Waals surface area contributed by atoms with Crippen LogP contribution in [0.5, 0.6) is 0 Å². The van der Waals surface area contributed by atoms with Crippen molar-refractivity contribution < 1.29 is 9.53 Å². The molecule has 7 heteroatoms. The highest BCUT2D eigenvalue weighted by atomic mass is 16.5. The van der Waals surface area contributed by atoms with Crippen LogP contribution in [0.3, 0.4) is 0 Å². The summed E-state index contributed by atoms with van der Waals surface area (Å²) in [4.78, 5) is 15.4. The van der Waals surface area contributed by atoms with E-state index in [1.807, 2.05) is 50.2 Å². The molecule has 0 spiro atoms. The molecular weight excluding hydrogens is 402 g/mol. The average molecular weight is 434 g/mol. The molecule has 2 N–H and O–H groups in total. The van der Waals surface area contributed by atoms with Gasteiger partial charge in [-0.25, -0.2) is 9.48 Å². The molecule has 32 heavy (non-hydrogen) atoms. The fraction of sp³-hybridized carbons (Fsp3) is 0.360. The lowest BCUT2D eigenvalue weighted by Crippen LogP contribution is -2.42. The number of carbonyl (C=O) groups is 1.